The number of fused-ring (bicyclic) bond motifs is 1. The number of likely N-dealkylation sites (tertiary alicyclic amines) is 1. The third kappa shape index (κ3) is 4.11. The molecule has 7 nitrogen and oxygen atoms in total. The third-order valence-corrected chi connectivity index (χ3v) is 6.75. The molecule has 0 aliphatic carbocycles. The second-order valence-electron chi connectivity index (χ2n) is 8.98. The Labute approximate surface area is 188 Å². The van der Waals surface area contributed by atoms with Gasteiger partial charge >= 0.3 is 0 Å². The second kappa shape index (κ2) is 8.73. The monoisotopic (exact) mass is 433 g/mol. The highest BCUT2D eigenvalue weighted by molar-refractivity contribution is 5.97. The topological polar surface area (TPSA) is 94.1 Å². The second-order valence-corrected chi connectivity index (χ2v) is 8.98. The molecule has 0 bridgehead atoms. The van der Waals surface area contributed by atoms with Crippen LogP contribution in [0.2, 0.25) is 0 Å². The molecule has 3 aromatic rings. The zero-order valence-electron chi connectivity index (χ0n) is 19.3. The lowest BCUT2D eigenvalue weighted by molar-refractivity contribution is -0.136. The molecule has 0 saturated carbocycles. The standard InChI is InChI=1S/C25H31N5O2/c1-15(13-30-18(4)16(2)17(3)28-30)25(32)29-11-7-9-20(14-29)23-21(24(26)31)12-19-8-5-6-10-22(19)27-23/h5-6,8,10,12,15,20H,7,9,11,13-14H2,1-4H3,(H2,26,31)/t15-,20-/m1/s1. The number of nitrogens with two attached hydrogens (primary N) is 1. The summed E-state index contributed by atoms with van der Waals surface area (Å²) in [5.41, 5.74) is 11.0. The van der Waals surface area contributed by atoms with Crippen LogP contribution in [0.5, 0.6) is 0 Å². The first-order valence-electron chi connectivity index (χ1n) is 11.2. The van der Waals surface area contributed by atoms with Crippen LogP contribution in [0.25, 0.3) is 10.9 Å². The first-order valence-corrected chi connectivity index (χ1v) is 11.2. The molecule has 32 heavy (non-hydrogen) atoms. The first kappa shape index (κ1) is 22.0. The number of pyridine rings is 1. The molecule has 0 spiro atoms. The third-order valence-electron chi connectivity index (χ3n) is 6.75. The zero-order valence-corrected chi connectivity index (χ0v) is 19.3. The van der Waals surface area contributed by atoms with Crippen molar-refractivity contribution in [2.24, 2.45) is 11.7 Å². The van der Waals surface area contributed by atoms with E-state index in [2.05, 4.69) is 12.0 Å². The number of aromatic nitrogens is 3. The summed E-state index contributed by atoms with van der Waals surface area (Å²) in [6.45, 7) is 9.87. The Kier molecular flexibility index (Phi) is 6.00. The largest absolute Gasteiger partial charge is 0.366 e. The number of nitrogens with zero attached hydrogens (tertiary/aromatic N) is 4. The molecule has 4 rings (SSSR count). The van der Waals surface area contributed by atoms with Crippen molar-refractivity contribution in [3.8, 4) is 0 Å². The molecule has 1 fully saturated rings. The van der Waals surface area contributed by atoms with Crippen molar-refractivity contribution in [2.75, 3.05) is 13.1 Å². The molecule has 2 atom stereocenters. The fourth-order valence-electron chi connectivity index (χ4n) is 4.65. The number of benzene rings is 1. The van der Waals surface area contributed by atoms with Gasteiger partial charge in [-0.1, -0.05) is 25.1 Å². The maximum atomic E-state index is 13.3. The SMILES string of the molecule is Cc1nn(C[C@@H](C)C(=O)N2CCC[C@@H](c3nc4ccccc4cc3C(N)=O)C2)c(C)c1C. The molecule has 2 aromatic heterocycles. The molecular weight excluding hydrogens is 402 g/mol. The van der Waals surface area contributed by atoms with Crippen molar-refractivity contribution in [1.82, 2.24) is 19.7 Å². The van der Waals surface area contributed by atoms with Gasteiger partial charge in [0.25, 0.3) is 5.91 Å². The van der Waals surface area contributed by atoms with Crippen molar-refractivity contribution >= 4 is 22.7 Å². The first-order chi connectivity index (χ1) is 15.3. The molecular formula is C25H31N5O2. The summed E-state index contributed by atoms with van der Waals surface area (Å²) in [7, 11) is 0. The summed E-state index contributed by atoms with van der Waals surface area (Å²) in [5.74, 6) is -0.564. The normalized spacial score (nSPS) is 17.5. The predicted octanol–water partition coefficient (Wildman–Crippen LogP) is 3.50. The average molecular weight is 434 g/mol. The van der Waals surface area contributed by atoms with Gasteiger partial charge in [0.15, 0.2) is 0 Å². The Bertz CT molecular complexity index is 1180. The molecule has 2 amide bonds. The summed E-state index contributed by atoms with van der Waals surface area (Å²) in [5, 5.41) is 5.48. The van der Waals surface area contributed by atoms with Crippen LogP contribution < -0.4 is 5.73 Å². The summed E-state index contributed by atoms with van der Waals surface area (Å²) in [4.78, 5) is 32.2. The highest BCUT2D eigenvalue weighted by Crippen LogP contribution is 2.31. The number of hydrogen-bond acceptors (Lipinski definition) is 4. The van der Waals surface area contributed by atoms with E-state index in [-0.39, 0.29) is 17.7 Å². The van der Waals surface area contributed by atoms with Gasteiger partial charge in [0, 0.05) is 30.1 Å². The zero-order chi connectivity index (χ0) is 23.0. The maximum absolute atomic E-state index is 13.3. The fraction of sp³-hybridized carbons (Fsp3) is 0.440. The van der Waals surface area contributed by atoms with Crippen molar-refractivity contribution in [1.29, 1.82) is 0 Å². The van der Waals surface area contributed by atoms with Crippen LogP contribution in [-0.4, -0.2) is 44.6 Å². The molecule has 0 unspecified atom stereocenters. The van der Waals surface area contributed by atoms with Crippen LogP contribution in [-0.2, 0) is 11.3 Å². The number of hydrogen-bond donors (Lipinski definition) is 1. The number of piperidine rings is 1. The lowest BCUT2D eigenvalue weighted by atomic mass is 9.90. The average Bonchev–Trinajstić information content (AvgIpc) is 3.04. The van der Waals surface area contributed by atoms with Crippen molar-refractivity contribution < 1.29 is 9.59 Å². The molecule has 1 aromatic carbocycles. The number of amides is 2. The summed E-state index contributed by atoms with van der Waals surface area (Å²) >= 11 is 0. The smallest absolute Gasteiger partial charge is 0.250 e. The predicted molar refractivity (Wildman–Crippen MR) is 124 cm³/mol. The van der Waals surface area contributed by atoms with Gasteiger partial charge in [-0.25, -0.2) is 0 Å². The van der Waals surface area contributed by atoms with Crippen molar-refractivity contribution in [3.05, 3.63) is 58.5 Å². The quantitative estimate of drug-likeness (QED) is 0.666. The van der Waals surface area contributed by atoms with Gasteiger partial charge in [0.1, 0.15) is 0 Å². The van der Waals surface area contributed by atoms with Crippen LogP contribution >= 0.6 is 0 Å². The summed E-state index contributed by atoms with van der Waals surface area (Å²) < 4.78 is 1.94. The van der Waals surface area contributed by atoms with E-state index in [9.17, 15) is 9.59 Å². The lowest BCUT2D eigenvalue weighted by Crippen LogP contribution is -2.43. The minimum atomic E-state index is -0.477. The van der Waals surface area contributed by atoms with Gasteiger partial charge in [-0.05, 0) is 51.3 Å². The molecule has 7 heteroatoms. The number of aryl methyl sites for hydroxylation is 1. The van der Waals surface area contributed by atoms with E-state index in [0.29, 0.717) is 24.3 Å². The Morgan fingerprint density at radius 2 is 1.97 bits per heavy atom. The van der Waals surface area contributed by atoms with Crippen LogP contribution in [0.4, 0.5) is 0 Å². The Morgan fingerprint density at radius 3 is 2.66 bits per heavy atom. The molecule has 2 N–H and O–H groups in total. The number of primary amides is 1. The van der Waals surface area contributed by atoms with Crippen LogP contribution in [0.1, 0.15) is 58.7 Å². The van der Waals surface area contributed by atoms with Crippen molar-refractivity contribution in [3.63, 3.8) is 0 Å². The van der Waals surface area contributed by atoms with Gasteiger partial charge in [0.05, 0.1) is 34.9 Å². The van der Waals surface area contributed by atoms with Gasteiger partial charge in [-0.2, -0.15) is 5.10 Å². The number of carbonyl (C=O) groups excluding carboxylic acids is 2. The maximum Gasteiger partial charge on any atom is 0.250 e. The highest BCUT2D eigenvalue weighted by Gasteiger charge is 2.31. The van der Waals surface area contributed by atoms with E-state index in [1.807, 2.05) is 60.7 Å². The minimum absolute atomic E-state index is 0.0112. The fourth-order valence-corrected chi connectivity index (χ4v) is 4.65. The van der Waals surface area contributed by atoms with E-state index in [1.165, 1.54) is 5.56 Å². The van der Waals surface area contributed by atoms with Crippen LogP contribution in [0, 0.1) is 26.7 Å². The van der Waals surface area contributed by atoms with Gasteiger partial charge in [-0.3, -0.25) is 19.3 Å². The van der Waals surface area contributed by atoms with E-state index in [4.69, 9.17) is 10.7 Å². The Morgan fingerprint density at radius 1 is 1.22 bits per heavy atom. The van der Waals surface area contributed by atoms with Crippen LogP contribution in [0.15, 0.2) is 30.3 Å². The van der Waals surface area contributed by atoms with Gasteiger partial charge in [-0.15, -0.1) is 0 Å². The Hall–Kier alpha value is -3.22. The van der Waals surface area contributed by atoms with E-state index in [1.54, 1.807) is 0 Å². The van der Waals surface area contributed by atoms with E-state index < -0.39 is 5.91 Å². The molecule has 1 saturated heterocycles. The molecule has 1 aliphatic heterocycles. The lowest BCUT2D eigenvalue weighted by Gasteiger charge is -2.34. The Balaban J connectivity index is 1.55. The molecule has 3 heterocycles. The highest BCUT2D eigenvalue weighted by atomic mass is 16.2. The van der Waals surface area contributed by atoms with Crippen molar-refractivity contribution in [2.45, 2.75) is 53.0 Å². The molecule has 0 radical (unpaired) electrons. The molecule has 1 aliphatic rings. The molecule has 168 valence electrons. The number of para-hydroxylation sites is 1. The van der Waals surface area contributed by atoms with E-state index >= 15 is 0 Å². The van der Waals surface area contributed by atoms with Gasteiger partial charge in [0.2, 0.25) is 5.91 Å². The minimum Gasteiger partial charge on any atom is -0.366 e. The van der Waals surface area contributed by atoms with Gasteiger partial charge < -0.3 is 10.6 Å². The summed E-state index contributed by atoms with van der Waals surface area (Å²) in [6.07, 6.45) is 1.75. The van der Waals surface area contributed by atoms with Crippen LogP contribution in [0.3, 0.4) is 0 Å². The van der Waals surface area contributed by atoms with E-state index in [0.717, 1.165) is 41.7 Å². The number of rotatable bonds is 5. The number of carbonyl (C=O) groups is 2. The summed E-state index contributed by atoms with van der Waals surface area (Å²) in [6, 6.07) is 9.54.